The van der Waals surface area contributed by atoms with E-state index in [1.54, 1.807) is 63.2 Å². The molecule has 2 amide bonds. The van der Waals surface area contributed by atoms with Gasteiger partial charge < -0.3 is 5.73 Å². The van der Waals surface area contributed by atoms with Gasteiger partial charge in [-0.2, -0.15) is 0 Å². The maximum absolute atomic E-state index is 13.9. The van der Waals surface area contributed by atoms with Crippen LogP contribution in [0.3, 0.4) is 0 Å². The summed E-state index contributed by atoms with van der Waals surface area (Å²) in [5.74, 6) is -1.45. The lowest BCUT2D eigenvalue weighted by Crippen LogP contribution is -2.29. The molecule has 0 aliphatic heterocycles. The first-order chi connectivity index (χ1) is 19.2. The van der Waals surface area contributed by atoms with Crippen molar-refractivity contribution in [3.8, 4) is 11.1 Å². The smallest absolute Gasteiger partial charge is 0.271 e. The third-order valence-corrected chi connectivity index (χ3v) is 9.28. The Labute approximate surface area is 245 Å². The van der Waals surface area contributed by atoms with Crippen LogP contribution >= 0.6 is 15.9 Å². The quantitative estimate of drug-likeness (QED) is 0.191. The van der Waals surface area contributed by atoms with Gasteiger partial charge >= 0.3 is 0 Å². The van der Waals surface area contributed by atoms with Crippen LogP contribution in [0.2, 0.25) is 0 Å². The molecule has 0 unspecified atom stereocenters. The van der Waals surface area contributed by atoms with Crippen molar-refractivity contribution in [3.05, 3.63) is 111 Å². The van der Waals surface area contributed by atoms with Crippen LogP contribution in [0.1, 0.15) is 41.5 Å². The lowest BCUT2D eigenvalue weighted by Gasteiger charge is -2.24. The normalized spacial score (nSPS) is 11.6. The number of hydrogen-bond donors (Lipinski definition) is 1. The molecule has 0 radical (unpaired) electrons. The highest BCUT2D eigenvalue weighted by molar-refractivity contribution is 9.10. The van der Waals surface area contributed by atoms with E-state index < -0.39 is 31.3 Å². The van der Waals surface area contributed by atoms with E-state index >= 15 is 0 Å². The molecule has 0 bridgehead atoms. The van der Waals surface area contributed by atoms with Crippen molar-refractivity contribution >= 4 is 54.8 Å². The molecule has 4 rings (SSSR count). The van der Waals surface area contributed by atoms with Gasteiger partial charge in [-0.25, -0.2) is 13.4 Å². The van der Waals surface area contributed by atoms with Crippen molar-refractivity contribution in [3.63, 3.8) is 0 Å². The highest BCUT2D eigenvalue weighted by Gasteiger charge is 2.33. The molecular formula is C29H25BrN4O6S. The van der Waals surface area contributed by atoms with E-state index in [4.69, 9.17) is 5.73 Å². The number of halogens is 1. The maximum Gasteiger partial charge on any atom is 0.271 e. The van der Waals surface area contributed by atoms with Crippen molar-refractivity contribution in [2.75, 3.05) is 4.90 Å². The number of amides is 2. The fourth-order valence-electron chi connectivity index (χ4n) is 4.05. The molecule has 12 heteroatoms. The number of aromatic nitrogens is 1. The standard InChI is InChI=1S/C29H25BrN4O6S/c1-29(2,3)41(39,40)25-7-5-4-6-22(25)18-8-10-19(11-9-18)28(36)33(26-15-12-20(30)17-32-26)24-16-21(34(37)38)13-14-23(24)27(31)35/h4-17H,1-3H3,(H2,31,35). The van der Waals surface area contributed by atoms with Crippen LogP contribution in [0, 0.1) is 10.1 Å². The van der Waals surface area contributed by atoms with Crippen molar-refractivity contribution < 1.29 is 22.9 Å². The van der Waals surface area contributed by atoms with Crippen LogP contribution in [0.4, 0.5) is 17.2 Å². The third-order valence-electron chi connectivity index (χ3n) is 6.27. The predicted octanol–water partition coefficient (Wildman–Crippen LogP) is 6.07. The molecule has 0 aliphatic carbocycles. The number of benzene rings is 3. The molecule has 0 spiro atoms. The monoisotopic (exact) mass is 636 g/mol. The average molecular weight is 638 g/mol. The van der Waals surface area contributed by atoms with Crippen molar-refractivity contribution in [2.24, 2.45) is 5.73 Å². The van der Waals surface area contributed by atoms with Gasteiger partial charge in [0.25, 0.3) is 17.5 Å². The SMILES string of the molecule is CC(C)(C)S(=O)(=O)c1ccccc1-c1ccc(C(=O)N(c2ccc(Br)cn2)c2cc([N+](=O)[O-])ccc2C(N)=O)cc1. The van der Waals surface area contributed by atoms with Gasteiger partial charge in [0.2, 0.25) is 0 Å². The number of anilines is 2. The Kier molecular flexibility index (Phi) is 8.09. The highest BCUT2D eigenvalue weighted by atomic mass is 79.9. The number of rotatable bonds is 7. The Bertz CT molecular complexity index is 1770. The van der Waals surface area contributed by atoms with E-state index in [9.17, 15) is 28.1 Å². The zero-order chi connectivity index (χ0) is 30.1. The lowest BCUT2D eigenvalue weighted by molar-refractivity contribution is -0.384. The topological polar surface area (TPSA) is 154 Å². The Hall–Kier alpha value is -4.42. The van der Waals surface area contributed by atoms with Crippen LogP contribution in [0.15, 0.2) is 94.4 Å². The molecule has 41 heavy (non-hydrogen) atoms. The van der Waals surface area contributed by atoms with E-state index in [1.165, 1.54) is 30.5 Å². The Morgan fingerprint density at radius 3 is 2.20 bits per heavy atom. The summed E-state index contributed by atoms with van der Waals surface area (Å²) in [5, 5.41) is 11.5. The summed E-state index contributed by atoms with van der Waals surface area (Å²) in [7, 11) is -3.68. The number of nitrogens with two attached hydrogens (primary N) is 1. The maximum atomic E-state index is 13.9. The van der Waals surface area contributed by atoms with Gasteiger partial charge in [-0.3, -0.25) is 24.6 Å². The largest absolute Gasteiger partial charge is 0.366 e. The number of non-ortho nitro benzene ring substituents is 1. The van der Waals surface area contributed by atoms with Gasteiger partial charge in [0, 0.05) is 33.9 Å². The van der Waals surface area contributed by atoms with Crippen LogP contribution in [-0.2, 0) is 9.84 Å². The summed E-state index contributed by atoms with van der Waals surface area (Å²) in [6.07, 6.45) is 1.44. The minimum absolute atomic E-state index is 0.0897. The van der Waals surface area contributed by atoms with Crippen LogP contribution in [0.5, 0.6) is 0 Å². The number of carbonyl (C=O) groups excluding carboxylic acids is 2. The minimum Gasteiger partial charge on any atom is -0.366 e. The first-order valence-corrected chi connectivity index (χ1v) is 14.5. The Morgan fingerprint density at radius 1 is 0.976 bits per heavy atom. The van der Waals surface area contributed by atoms with Gasteiger partial charge in [0.15, 0.2) is 9.84 Å². The summed E-state index contributed by atoms with van der Waals surface area (Å²) >= 11 is 3.29. The third kappa shape index (κ3) is 5.88. The molecule has 0 fully saturated rings. The molecule has 3 aromatic carbocycles. The van der Waals surface area contributed by atoms with Crippen LogP contribution in [-0.4, -0.2) is 34.9 Å². The van der Waals surface area contributed by atoms with Crippen molar-refractivity contribution in [2.45, 2.75) is 30.4 Å². The number of sulfone groups is 1. The molecular weight excluding hydrogens is 612 g/mol. The first kappa shape index (κ1) is 29.6. The molecule has 0 atom stereocenters. The molecule has 1 aromatic heterocycles. The number of nitro benzene ring substituents is 1. The number of primary amides is 1. The molecule has 0 saturated heterocycles. The lowest BCUT2D eigenvalue weighted by atomic mass is 10.0. The van der Waals surface area contributed by atoms with Gasteiger partial charge in [-0.1, -0.05) is 30.3 Å². The number of carbonyl (C=O) groups is 2. The number of nitro groups is 1. The minimum atomic E-state index is -3.68. The molecule has 4 aromatic rings. The highest BCUT2D eigenvalue weighted by Crippen LogP contribution is 2.35. The van der Waals surface area contributed by atoms with Crippen LogP contribution in [0.25, 0.3) is 11.1 Å². The summed E-state index contributed by atoms with van der Waals surface area (Å²) in [4.78, 5) is 42.6. The predicted molar refractivity (Wildman–Crippen MR) is 159 cm³/mol. The second-order valence-electron chi connectivity index (χ2n) is 9.99. The Morgan fingerprint density at radius 2 is 1.63 bits per heavy atom. The van der Waals surface area contributed by atoms with Crippen molar-refractivity contribution in [1.82, 2.24) is 4.98 Å². The number of hydrogen-bond acceptors (Lipinski definition) is 7. The van der Waals surface area contributed by atoms with Crippen LogP contribution < -0.4 is 10.6 Å². The van der Waals surface area contributed by atoms with Crippen molar-refractivity contribution in [1.29, 1.82) is 0 Å². The molecule has 10 nitrogen and oxygen atoms in total. The summed E-state index contributed by atoms with van der Waals surface area (Å²) in [5.41, 5.74) is 6.16. The molecule has 2 N–H and O–H groups in total. The Balaban J connectivity index is 1.84. The second-order valence-corrected chi connectivity index (χ2v) is 13.6. The summed E-state index contributed by atoms with van der Waals surface area (Å²) in [6, 6.07) is 19.4. The zero-order valence-electron chi connectivity index (χ0n) is 22.2. The fourth-order valence-corrected chi connectivity index (χ4v) is 5.68. The van der Waals surface area contributed by atoms with Gasteiger partial charge in [0.1, 0.15) is 5.82 Å². The van der Waals surface area contributed by atoms with E-state index in [-0.39, 0.29) is 33.2 Å². The average Bonchev–Trinajstić information content (AvgIpc) is 2.93. The zero-order valence-corrected chi connectivity index (χ0v) is 24.6. The summed E-state index contributed by atoms with van der Waals surface area (Å²) in [6.45, 7) is 4.87. The number of nitrogens with zero attached hydrogens (tertiary/aromatic N) is 3. The van der Waals surface area contributed by atoms with E-state index in [1.807, 2.05) is 0 Å². The summed E-state index contributed by atoms with van der Waals surface area (Å²) < 4.78 is 26.1. The van der Waals surface area contributed by atoms with E-state index in [0.717, 1.165) is 17.0 Å². The molecule has 1 heterocycles. The number of pyridine rings is 1. The van der Waals surface area contributed by atoms with E-state index in [2.05, 4.69) is 20.9 Å². The fraction of sp³-hybridized carbons (Fsp3) is 0.138. The van der Waals surface area contributed by atoms with E-state index in [0.29, 0.717) is 15.6 Å². The first-order valence-electron chi connectivity index (χ1n) is 12.2. The molecule has 210 valence electrons. The van der Waals surface area contributed by atoms with Gasteiger partial charge in [0.05, 0.1) is 25.8 Å². The second kappa shape index (κ2) is 11.2. The molecule has 0 saturated carbocycles. The molecule has 0 aliphatic rings. The van der Waals surface area contributed by atoms with Gasteiger partial charge in [-0.15, -0.1) is 0 Å². The van der Waals surface area contributed by atoms with Gasteiger partial charge in [-0.05, 0) is 78.7 Å².